The Balaban J connectivity index is 0.000000151. The zero-order valence-electron chi connectivity index (χ0n) is 55.7. The summed E-state index contributed by atoms with van der Waals surface area (Å²) in [5, 5.41) is 37.9. The number of allylic oxidation sites excluding steroid dienone is 1. The van der Waals surface area contributed by atoms with E-state index in [4.69, 9.17) is 68.0 Å². The third kappa shape index (κ3) is 25.5. The van der Waals surface area contributed by atoms with E-state index < -0.39 is 38.4 Å². The number of nitrogens with zero attached hydrogens (tertiary/aromatic N) is 5. The van der Waals surface area contributed by atoms with E-state index in [1.54, 1.807) is 24.3 Å². The Labute approximate surface area is 567 Å². The molecule has 10 saturated heterocycles. The molecule has 10 fully saturated rings. The Kier molecular flexibility index (Phi) is 31.0. The minimum atomic E-state index is -3.86. The maximum absolute atomic E-state index is 12.2. The van der Waals surface area contributed by atoms with Gasteiger partial charge in [-0.15, -0.1) is 0 Å². The lowest BCUT2D eigenvalue weighted by Crippen LogP contribution is -2.42. The fourth-order valence-corrected chi connectivity index (χ4v) is 14.6. The molecule has 4 aromatic rings. The summed E-state index contributed by atoms with van der Waals surface area (Å²) < 4.78 is 97.4. The minimum Gasteiger partial charge on any atom is -0.432 e. The molecule has 12 unspecified atom stereocenters. The van der Waals surface area contributed by atoms with E-state index >= 15 is 0 Å². The Morgan fingerprint density at radius 3 is 1.30 bits per heavy atom. The highest BCUT2D eigenvalue weighted by Gasteiger charge is 2.37. The third-order valence-electron chi connectivity index (χ3n) is 17.9. The first-order valence-electron chi connectivity index (χ1n) is 33.8. The van der Waals surface area contributed by atoms with Gasteiger partial charge in [0, 0.05) is 72.4 Å². The summed E-state index contributed by atoms with van der Waals surface area (Å²) in [5.41, 5.74) is 10.3. The molecule has 14 rings (SSSR count). The number of rotatable bonds is 16. The normalized spacial score (nSPS) is 27.7. The van der Waals surface area contributed by atoms with Crippen LogP contribution in [0.25, 0.3) is 0 Å². The molecule has 0 radical (unpaired) electrons. The van der Waals surface area contributed by atoms with E-state index in [0.29, 0.717) is 81.3 Å². The van der Waals surface area contributed by atoms with Gasteiger partial charge in [0.25, 0.3) is 20.2 Å². The standard InChI is InChI=1S/C20H24O7S2.C13H17NO.C11H14N2O3.C8H12N2O.C7H9N.C6H11NO.C6H12O3/c1-15-3-9-19(10-4-15)28(21,22)25-13-17-7-8-18(27-17)14-26-29(23,24)20-11-5-16(2)6-12-20;1-2-4-11(5-3-1)8-14-9-12-6-7-13(10-14)15-12;1-8(14)15-7-9(4-12)13-5-10-2-3-11(6-13)16-10;9-3-4-10-5-7-1-2-8(6-10)11-7;8-6-7-4-2-1-3-5-7;1-2-6-4-7-3-5(1)8-6;7-3-5-1-2-6(4-8)9-5/h3-6,9-12,17-18H,7-8,13-14H2,1-2H3;1-5,12-13H,6-10H2;7,10-11H,2-3,5-6H2,1H3;7-8H,1-2,4-6H2;1-5H,6,8H2;5-7H,1-4H2;5-8H,1-4H2/b;;9-7+;;;;. The van der Waals surface area contributed by atoms with E-state index in [9.17, 15) is 21.6 Å². The lowest BCUT2D eigenvalue weighted by atomic mass is 10.2. The first kappa shape index (κ1) is 76.0. The zero-order valence-corrected chi connectivity index (χ0v) is 57.4. The molecule has 0 aromatic heterocycles. The maximum Gasteiger partial charge on any atom is 0.307 e. The van der Waals surface area contributed by atoms with E-state index in [2.05, 4.69) is 57.6 Å². The summed E-state index contributed by atoms with van der Waals surface area (Å²) in [6, 6.07) is 37.7. The number of carbonyl (C=O) groups is 1. The fourth-order valence-electron chi connectivity index (χ4n) is 12.8. The molecular formula is C71H99N7O16S2. The van der Waals surface area contributed by atoms with Crippen LogP contribution in [-0.4, -0.2) is 206 Å². The molecule has 0 saturated carbocycles. The van der Waals surface area contributed by atoms with Gasteiger partial charge < -0.3 is 59.3 Å². The van der Waals surface area contributed by atoms with Crippen LogP contribution in [0.4, 0.5) is 0 Å². The number of fused-ring (bicyclic) bond motifs is 8. The molecule has 25 heteroatoms. The lowest BCUT2D eigenvalue weighted by Gasteiger charge is -2.32. The molecule has 4 aromatic carbocycles. The Morgan fingerprint density at radius 1 is 0.542 bits per heavy atom. The van der Waals surface area contributed by atoms with E-state index in [-0.39, 0.29) is 60.6 Å². The van der Waals surface area contributed by atoms with Crippen molar-refractivity contribution in [2.75, 3.05) is 85.3 Å². The van der Waals surface area contributed by atoms with Gasteiger partial charge >= 0.3 is 5.97 Å². The number of morpholine rings is 4. The maximum atomic E-state index is 12.2. The van der Waals surface area contributed by atoms with Crippen molar-refractivity contribution in [3.63, 3.8) is 0 Å². The highest BCUT2D eigenvalue weighted by atomic mass is 32.2. The van der Waals surface area contributed by atoms with Gasteiger partial charge in [-0.25, -0.2) is 0 Å². The van der Waals surface area contributed by atoms with Crippen LogP contribution in [0, 0.1) is 36.5 Å². The number of ether oxygens (including phenoxy) is 7. The van der Waals surface area contributed by atoms with Crippen LogP contribution in [0.5, 0.6) is 0 Å². The molecule has 0 spiro atoms. The largest absolute Gasteiger partial charge is 0.432 e. The number of hydrogen-bond acceptors (Lipinski definition) is 23. The van der Waals surface area contributed by atoms with Crippen LogP contribution >= 0.6 is 0 Å². The Hall–Kier alpha value is -5.79. The van der Waals surface area contributed by atoms with Crippen LogP contribution < -0.4 is 11.1 Å². The first-order valence-corrected chi connectivity index (χ1v) is 36.6. The Bertz CT molecular complexity index is 3160. The topological polar surface area (TPSA) is 304 Å². The number of aryl methyl sites for hydroxylation is 2. The zero-order chi connectivity index (χ0) is 68.3. The molecule has 12 atom stereocenters. The van der Waals surface area contributed by atoms with Crippen LogP contribution in [0.1, 0.15) is 106 Å². The first-order chi connectivity index (χ1) is 46.4. The van der Waals surface area contributed by atoms with Gasteiger partial charge in [0.15, 0.2) is 5.70 Å². The second-order valence-electron chi connectivity index (χ2n) is 25.7. The third-order valence-corrected chi connectivity index (χ3v) is 20.5. The predicted octanol–water partition coefficient (Wildman–Crippen LogP) is 6.96. The van der Waals surface area contributed by atoms with Crippen molar-refractivity contribution in [1.82, 2.24) is 20.0 Å². The fraction of sp³-hybridized carbons (Fsp3) is 0.592. The molecule has 8 bridgehead atoms. The lowest BCUT2D eigenvalue weighted by molar-refractivity contribution is -0.135. The van der Waals surface area contributed by atoms with E-state index in [1.165, 1.54) is 87.1 Å². The molecule has 5 N–H and O–H groups in total. The number of hydrogen-bond donors (Lipinski definition) is 4. The van der Waals surface area contributed by atoms with Crippen molar-refractivity contribution >= 4 is 26.2 Å². The van der Waals surface area contributed by atoms with Gasteiger partial charge in [0.05, 0.1) is 122 Å². The number of likely N-dealkylation sites (tertiary alicyclic amines) is 3. The second-order valence-corrected chi connectivity index (χ2v) is 29.0. The molecular weight excluding hydrogens is 1270 g/mol. The Morgan fingerprint density at radius 2 is 0.927 bits per heavy atom. The van der Waals surface area contributed by atoms with Gasteiger partial charge in [0.1, 0.15) is 12.3 Å². The monoisotopic (exact) mass is 1370 g/mol. The number of aliphatic hydroxyl groups excluding tert-OH is 2. The quantitative estimate of drug-likeness (QED) is 0.0289. The summed E-state index contributed by atoms with van der Waals surface area (Å²) in [5.74, 6) is -0.413. The molecule has 10 heterocycles. The molecule has 96 heavy (non-hydrogen) atoms. The van der Waals surface area contributed by atoms with Crippen molar-refractivity contribution in [3.8, 4) is 12.1 Å². The van der Waals surface area contributed by atoms with Crippen molar-refractivity contribution in [2.45, 2.75) is 194 Å². The van der Waals surface area contributed by atoms with Gasteiger partial charge in [-0.3, -0.25) is 23.0 Å². The number of nitrogens with one attached hydrogen (secondary N) is 1. The SMILES string of the molecule is C1CC2CNCC1O2.CC(=O)O/C=C(\C#N)N1CC2CCC(C1)O2.Cc1ccc(S(=O)(=O)OCC2CCC(COS(=O)(=O)c3ccc(C)cc3)O2)cc1.N#CCN1CC2CCC(C1)O2.NCc1ccccc1.OCC1CCC(CO)O1.c1ccc(CN2CC3CCC(C2)O3)cc1. The number of benzene rings is 4. The van der Waals surface area contributed by atoms with Gasteiger partial charge in [0.2, 0.25) is 0 Å². The molecule has 0 aliphatic carbocycles. The van der Waals surface area contributed by atoms with Gasteiger partial charge in [-0.05, 0) is 126 Å². The number of esters is 1. The summed E-state index contributed by atoms with van der Waals surface area (Å²) in [4.78, 5) is 17.5. The predicted molar refractivity (Wildman–Crippen MR) is 358 cm³/mol. The van der Waals surface area contributed by atoms with Crippen molar-refractivity contribution in [1.29, 1.82) is 10.5 Å². The summed E-state index contributed by atoms with van der Waals surface area (Å²) in [6.07, 6.45) is 16.1. The second kappa shape index (κ2) is 39.1. The molecule has 10 aliphatic rings. The molecule has 10 aliphatic heterocycles. The summed E-state index contributed by atoms with van der Waals surface area (Å²) in [7, 11) is -7.73. The van der Waals surface area contributed by atoms with Crippen LogP contribution in [0.2, 0.25) is 0 Å². The van der Waals surface area contributed by atoms with Crippen LogP contribution in [0.15, 0.2) is 131 Å². The van der Waals surface area contributed by atoms with E-state index in [0.717, 1.165) is 82.6 Å². The van der Waals surface area contributed by atoms with Gasteiger partial charge in [-0.2, -0.15) is 27.4 Å². The van der Waals surface area contributed by atoms with Crippen LogP contribution in [0.3, 0.4) is 0 Å². The average Bonchev–Trinajstić information content (AvgIpc) is 1.93. The van der Waals surface area contributed by atoms with E-state index in [1.807, 2.05) is 49.1 Å². The minimum absolute atomic E-state index is 0.0258. The number of aliphatic hydroxyl groups is 2. The van der Waals surface area contributed by atoms with Crippen molar-refractivity contribution in [2.24, 2.45) is 5.73 Å². The van der Waals surface area contributed by atoms with Gasteiger partial charge in [-0.1, -0.05) is 96.1 Å². The van der Waals surface area contributed by atoms with Crippen molar-refractivity contribution < 1.29 is 73.4 Å². The number of nitriles is 2. The van der Waals surface area contributed by atoms with Crippen LogP contribution in [-0.2, 0) is 79.6 Å². The highest BCUT2D eigenvalue weighted by Crippen LogP contribution is 2.31. The van der Waals surface area contributed by atoms with Crippen molar-refractivity contribution in [3.05, 3.63) is 143 Å². The molecule has 0 amide bonds. The molecule has 23 nitrogen and oxygen atoms in total. The number of nitrogens with two attached hydrogens (primary N) is 1. The highest BCUT2D eigenvalue weighted by molar-refractivity contribution is 7.87. The summed E-state index contributed by atoms with van der Waals surface area (Å²) >= 11 is 0. The smallest absolute Gasteiger partial charge is 0.307 e. The average molecular weight is 1370 g/mol. The summed E-state index contributed by atoms with van der Waals surface area (Å²) in [6.45, 7) is 15.0. The number of carbonyl (C=O) groups excluding carboxylic acids is 1. The molecule has 526 valence electrons.